The molecule has 0 radical (unpaired) electrons. The molecule has 0 spiro atoms. The Morgan fingerprint density at radius 3 is 2.80 bits per heavy atom. The van der Waals surface area contributed by atoms with Gasteiger partial charge in [-0.25, -0.2) is 9.18 Å². The minimum Gasteiger partial charge on any atom is -0.394 e. The third-order valence-corrected chi connectivity index (χ3v) is 3.16. The summed E-state index contributed by atoms with van der Waals surface area (Å²) in [7, 11) is 1.62. The van der Waals surface area contributed by atoms with Gasteiger partial charge < -0.3 is 20.3 Å². The van der Waals surface area contributed by atoms with Gasteiger partial charge in [-0.3, -0.25) is 14.3 Å². The SMILES string of the molecule is CNCc1cn([C@@H]2O[C@H](CO)C(O)[C@@H]2F)c(=O)[nH]c1=O. The summed E-state index contributed by atoms with van der Waals surface area (Å²) >= 11 is 0. The van der Waals surface area contributed by atoms with Crippen molar-refractivity contribution in [1.82, 2.24) is 14.9 Å². The Balaban J connectivity index is 2.40. The second kappa shape index (κ2) is 5.83. The number of hydrogen-bond donors (Lipinski definition) is 4. The third kappa shape index (κ3) is 2.52. The van der Waals surface area contributed by atoms with Gasteiger partial charge in [0.05, 0.1) is 6.61 Å². The molecule has 8 nitrogen and oxygen atoms in total. The number of hydrogen-bond acceptors (Lipinski definition) is 6. The molecule has 0 aromatic carbocycles. The number of rotatable bonds is 4. The Morgan fingerprint density at radius 1 is 1.55 bits per heavy atom. The highest BCUT2D eigenvalue weighted by atomic mass is 19.1. The van der Waals surface area contributed by atoms with Gasteiger partial charge in [0.25, 0.3) is 5.56 Å². The van der Waals surface area contributed by atoms with Crippen molar-refractivity contribution in [3.8, 4) is 0 Å². The topological polar surface area (TPSA) is 117 Å². The maximum absolute atomic E-state index is 13.9. The zero-order valence-corrected chi connectivity index (χ0v) is 10.7. The molecule has 20 heavy (non-hydrogen) atoms. The molecule has 1 saturated heterocycles. The molecule has 0 bridgehead atoms. The van der Waals surface area contributed by atoms with Crippen molar-refractivity contribution < 1.29 is 19.3 Å². The van der Waals surface area contributed by atoms with Crippen LogP contribution in [0.5, 0.6) is 0 Å². The number of nitrogens with one attached hydrogen (secondary N) is 2. The minimum absolute atomic E-state index is 0.186. The number of aromatic nitrogens is 2. The Hall–Kier alpha value is -1.55. The van der Waals surface area contributed by atoms with E-state index < -0.39 is 42.5 Å². The van der Waals surface area contributed by atoms with E-state index in [-0.39, 0.29) is 12.1 Å². The second-order valence-electron chi connectivity index (χ2n) is 4.53. The zero-order chi connectivity index (χ0) is 14.9. The highest BCUT2D eigenvalue weighted by molar-refractivity contribution is 5.05. The van der Waals surface area contributed by atoms with E-state index in [1.807, 2.05) is 0 Å². The van der Waals surface area contributed by atoms with Crippen LogP contribution in [0.3, 0.4) is 0 Å². The maximum Gasteiger partial charge on any atom is 0.330 e. The van der Waals surface area contributed by atoms with Crippen LogP contribution in [0.4, 0.5) is 4.39 Å². The molecular weight excluding hydrogens is 273 g/mol. The normalized spacial score (nSPS) is 29.8. The molecule has 0 aliphatic carbocycles. The maximum atomic E-state index is 13.9. The third-order valence-electron chi connectivity index (χ3n) is 3.16. The summed E-state index contributed by atoms with van der Waals surface area (Å²) in [5, 5.41) is 21.3. The number of nitrogens with zero attached hydrogens (tertiary/aromatic N) is 1. The number of H-pyrrole nitrogens is 1. The van der Waals surface area contributed by atoms with E-state index in [0.717, 1.165) is 4.57 Å². The number of aliphatic hydroxyl groups excluding tert-OH is 2. The molecule has 112 valence electrons. The van der Waals surface area contributed by atoms with Crippen LogP contribution in [0.25, 0.3) is 0 Å². The summed E-state index contributed by atoms with van der Waals surface area (Å²) in [5.41, 5.74) is -1.19. The minimum atomic E-state index is -1.88. The van der Waals surface area contributed by atoms with Gasteiger partial charge in [0.15, 0.2) is 12.4 Å². The lowest BCUT2D eigenvalue weighted by molar-refractivity contribution is -0.0492. The lowest BCUT2D eigenvalue weighted by Gasteiger charge is -2.16. The van der Waals surface area contributed by atoms with Crippen molar-refractivity contribution in [1.29, 1.82) is 0 Å². The van der Waals surface area contributed by atoms with E-state index in [1.54, 1.807) is 7.05 Å². The predicted octanol–water partition coefficient (Wildman–Crippen LogP) is -2.16. The van der Waals surface area contributed by atoms with Gasteiger partial charge in [-0.1, -0.05) is 0 Å². The van der Waals surface area contributed by atoms with Gasteiger partial charge >= 0.3 is 5.69 Å². The molecule has 2 rings (SSSR count). The first-order chi connectivity index (χ1) is 9.49. The van der Waals surface area contributed by atoms with Crippen LogP contribution >= 0.6 is 0 Å². The van der Waals surface area contributed by atoms with Gasteiger partial charge in [0.2, 0.25) is 0 Å². The van der Waals surface area contributed by atoms with Gasteiger partial charge in [0.1, 0.15) is 12.2 Å². The molecule has 1 aliphatic rings. The lowest BCUT2D eigenvalue weighted by Crippen LogP contribution is -2.38. The van der Waals surface area contributed by atoms with E-state index >= 15 is 0 Å². The van der Waals surface area contributed by atoms with Gasteiger partial charge in [0, 0.05) is 18.3 Å². The van der Waals surface area contributed by atoms with E-state index in [1.165, 1.54) is 6.20 Å². The molecule has 1 aromatic rings. The fourth-order valence-corrected chi connectivity index (χ4v) is 2.11. The summed E-state index contributed by atoms with van der Waals surface area (Å²) < 4.78 is 19.9. The van der Waals surface area contributed by atoms with E-state index in [2.05, 4.69) is 10.3 Å². The Morgan fingerprint density at radius 2 is 2.25 bits per heavy atom. The highest BCUT2D eigenvalue weighted by Crippen LogP contribution is 2.30. The Kier molecular flexibility index (Phi) is 4.33. The zero-order valence-electron chi connectivity index (χ0n) is 10.7. The van der Waals surface area contributed by atoms with Crippen molar-refractivity contribution in [2.75, 3.05) is 13.7 Å². The van der Waals surface area contributed by atoms with Crippen molar-refractivity contribution >= 4 is 0 Å². The van der Waals surface area contributed by atoms with Crippen LogP contribution in [0.1, 0.15) is 11.8 Å². The molecule has 1 aromatic heterocycles. The lowest BCUT2D eigenvalue weighted by atomic mass is 10.1. The summed E-state index contributed by atoms with van der Waals surface area (Å²) in [6.07, 6.45) is -4.72. The van der Waals surface area contributed by atoms with Crippen molar-refractivity contribution in [2.45, 2.75) is 31.2 Å². The number of halogens is 1. The molecule has 2 heterocycles. The summed E-state index contributed by atoms with van der Waals surface area (Å²) in [5.74, 6) is 0. The Bertz CT molecular complexity index is 586. The number of aliphatic hydroxyl groups is 2. The summed E-state index contributed by atoms with van der Waals surface area (Å²) in [6, 6.07) is 0. The van der Waals surface area contributed by atoms with Crippen molar-refractivity contribution in [2.24, 2.45) is 0 Å². The van der Waals surface area contributed by atoms with Crippen LogP contribution in [-0.2, 0) is 11.3 Å². The van der Waals surface area contributed by atoms with Crippen molar-refractivity contribution in [3.63, 3.8) is 0 Å². The summed E-state index contributed by atoms with van der Waals surface area (Å²) in [4.78, 5) is 25.3. The van der Waals surface area contributed by atoms with E-state index in [9.17, 15) is 19.1 Å². The molecule has 4 atom stereocenters. The van der Waals surface area contributed by atoms with Crippen LogP contribution in [0.15, 0.2) is 15.8 Å². The molecule has 1 aliphatic heterocycles. The quantitative estimate of drug-likeness (QED) is 0.502. The molecule has 1 unspecified atom stereocenters. The van der Waals surface area contributed by atoms with Gasteiger partial charge in [-0.2, -0.15) is 0 Å². The smallest absolute Gasteiger partial charge is 0.330 e. The summed E-state index contributed by atoms with van der Waals surface area (Å²) in [6.45, 7) is -0.384. The molecule has 4 N–H and O–H groups in total. The molecular formula is C11H16FN3O5. The van der Waals surface area contributed by atoms with Gasteiger partial charge in [-0.15, -0.1) is 0 Å². The number of alkyl halides is 1. The van der Waals surface area contributed by atoms with Crippen LogP contribution in [0, 0.1) is 0 Å². The predicted molar refractivity (Wildman–Crippen MR) is 66.0 cm³/mol. The average molecular weight is 289 g/mol. The fourth-order valence-electron chi connectivity index (χ4n) is 2.11. The monoisotopic (exact) mass is 289 g/mol. The molecule has 9 heteroatoms. The number of ether oxygens (including phenoxy) is 1. The van der Waals surface area contributed by atoms with Crippen LogP contribution in [-0.4, -0.2) is 51.8 Å². The van der Waals surface area contributed by atoms with Crippen LogP contribution in [0.2, 0.25) is 0 Å². The van der Waals surface area contributed by atoms with Gasteiger partial charge in [-0.05, 0) is 7.05 Å². The highest BCUT2D eigenvalue weighted by Gasteiger charge is 2.45. The Labute approximate surface area is 112 Å². The molecule has 1 fully saturated rings. The fraction of sp³-hybridized carbons (Fsp3) is 0.636. The van der Waals surface area contributed by atoms with E-state index in [4.69, 9.17) is 9.84 Å². The van der Waals surface area contributed by atoms with E-state index in [0.29, 0.717) is 0 Å². The van der Waals surface area contributed by atoms with Crippen molar-refractivity contribution in [3.05, 3.63) is 32.6 Å². The average Bonchev–Trinajstić information content (AvgIpc) is 2.70. The number of aromatic amines is 1. The largest absolute Gasteiger partial charge is 0.394 e. The van der Waals surface area contributed by atoms with Crippen LogP contribution < -0.4 is 16.6 Å². The first kappa shape index (κ1) is 14.9. The second-order valence-corrected chi connectivity index (χ2v) is 4.53. The molecule has 0 saturated carbocycles. The standard InChI is InChI=1S/C11H16FN3O5/c1-13-2-5-3-15(11(19)14-9(5)18)10-7(12)8(17)6(4-16)20-10/h3,6-8,10,13,16-17H,2,4H2,1H3,(H,14,18,19)/t6-,7+,8?,10-/m1/s1. The molecule has 0 amide bonds. The first-order valence-electron chi connectivity index (χ1n) is 6.07. The first-order valence-corrected chi connectivity index (χ1v) is 6.07.